The standard InChI is InChI=1S/C12H17N3O2/c16-12-10-6-13-4-3-11(10)14-8-15(12)7-9-2-1-5-17-9/h8-9,13H,1-7H2/t9-/m1/s1. The molecule has 0 spiro atoms. The van der Waals surface area contributed by atoms with Crippen molar-refractivity contribution in [2.24, 2.45) is 0 Å². The second-order valence-electron chi connectivity index (χ2n) is 4.69. The Bertz CT molecular complexity index is 463. The van der Waals surface area contributed by atoms with E-state index in [2.05, 4.69) is 10.3 Å². The van der Waals surface area contributed by atoms with Crippen molar-refractivity contribution in [2.75, 3.05) is 13.2 Å². The van der Waals surface area contributed by atoms with Gasteiger partial charge in [-0.1, -0.05) is 0 Å². The van der Waals surface area contributed by atoms with Crippen molar-refractivity contribution < 1.29 is 4.74 Å². The smallest absolute Gasteiger partial charge is 0.258 e. The van der Waals surface area contributed by atoms with Gasteiger partial charge in [0.2, 0.25) is 0 Å². The van der Waals surface area contributed by atoms with Gasteiger partial charge < -0.3 is 10.1 Å². The molecule has 1 saturated heterocycles. The van der Waals surface area contributed by atoms with Crippen LogP contribution >= 0.6 is 0 Å². The van der Waals surface area contributed by atoms with Gasteiger partial charge in [0, 0.05) is 26.1 Å². The first-order valence-corrected chi connectivity index (χ1v) is 6.24. The highest BCUT2D eigenvalue weighted by Crippen LogP contribution is 2.13. The van der Waals surface area contributed by atoms with E-state index >= 15 is 0 Å². The minimum absolute atomic E-state index is 0.0951. The zero-order valence-electron chi connectivity index (χ0n) is 9.82. The summed E-state index contributed by atoms with van der Waals surface area (Å²) in [5, 5.41) is 3.22. The summed E-state index contributed by atoms with van der Waals surface area (Å²) in [7, 11) is 0. The molecule has 0 aromatic carbocycles. The molecular formula is C12H17N3O2. The van der Waals surface area contributed by atoms with Crippen molar-refractivity contribution in [1.82, 2.24) is 14.9 Å². The van der Waals surface area contributed by atoms with Crippen LogP contribution in [-0.2, 0) is 24.2 Å². The third-order valence-corrected chi connectivity index (χ3v) is 3.49. The van der Waals surface area contributed by atoms with Gasteiger partial charge in [-0.3, -0.25) is 9.36 Å². The first-order chi connectivity index (χ1) is 8.34. The number of nitrogens with zero attached hydrogens (tertiary/aromatic N) is 2. The quantitative estimate of drug-likeness (QED) is 0.788. The molecule has 17 heavy (non-hydrogen) atoms. The molecule has 5 heteroatoms. The maximum absolute atomic E-state index is 12.2. The van der Waals surface area contributed by atoms with Gasteiger partial charge in [0.1, 0.15) is 0 Å². The highest BCUT2D eigenvalue weighted by Gasteiger charge is 2.19. The van der Waals surface area contributed by atoms with E-state index in [-0.39, 0.29) is 11.7 Å². The summed E-state index contributed by atoms with van der Waals surface area (Å²) in [6, 6.07) is 0. The second-order valence-corrected chi connectivity index (χ2v) is 4.69. The molecule has 92 valence electrons. The Labute approximate surface area is 99.8 Å². The highest BCUT2D eigenvalue weighted by atomic mass is 16.5. The monoisotopic (exact) mass is 235 g/mol. The molecule has 0 radical (unpaired) electrons. The number of aromatic nitrogens is 2. The molecule has 0 saturated carbocycles. The van der Waals surface area contributed by atoms with Crippen LogP contribution in [0.5, 0.6) is 0 Å². The fourth-order valence-electron chi connectivity index (χ4n) is 2.52. The molecule has 1 N–H and O–H groups in total. The molecule has 3 heterocycles. The number of hydrogen-bond donors (Lipinski definition) is 1. The van der Waals surface area contributed by atoms with Crippen LogP contribution in [0.15, 0.2) is 11.1 Å². The normalized spacial score (nSPS) is 23.6. The number of rotatable bonds is 2. The summed E-state index contributed by atoms with van der Waals surface area (Å²) in [6.07, 6.45) is 4.85. The lowest BCUT2D eigenvalue weighted by molar-refractivity contribution is 0.0957. The SMILES string of the molecule is O=c1c2c(ncn1C[C@H]1CCCO1)CCNC2. The number of nitrogens with one attached hydrogen (secondary N) is 1. The third-order valence-electron chi connectivity index (χ3n) is 3.49. The van der Waals surface area contributed by atoms with Gasteiger partial charge in [-0.15, -0.1) is 0 Å². The van der Waals surface area contributed by atoms with E-state index in [1.165, 1.54) is 0 Å². The maximum Gasteiger partial charge on any atom is 0.258 e. The first kappa shape index (κ1) is 10.9. The largest absolute Gasteiger partial charge is 0.376 e. The van der Waals surface area contributed by atoms with Gasteiger partial charge in [0.05, 0.1) is 30.2 Å². The minimum atomic E-state index is 0.0951. The molecule has 0 aliphatic carbocycles. The average Bonchev–Trinajstić information content (AvgIpc) is 2.86. The van der Waals surface area contributed by atoms with Crippen molar-refractivity contribution in [2.45, 2.75) is 38.5 Å². The molecule has 1 aromatic rings. The van der Waals surface area contributed by atoms with Crippen LogP contribution in [0.2, 0.25) is 0 Å². The molecule has 3 rings (SSSR count). The van der Waals surface area contributed by atoms with E-state index in [0.717, 1.165) is 43.7 Å². The summed E-state index contributed by atoms with van der Waals surface area (Å²) in [5.41, 5.74) is 1.88. The zero-order chi connectivity index (χ0) is 11.7. The van der Waals surface area contributed by atoms with Crippen LogP contribution in [0.1, 0.15) is 24.1 Å². The molecule has 0 bridgehead atoms. The Kier molecular flexibility index (Phi) is 2.94. The highest BCUT2D eigenvalue weighted by molar-refractivity contribution is 5.19. The van der Waals surface area contributed by atoms with Crippen molar-refractivity contribution in [3.63, 3.8) is 0 Å². The van der Waals surface area contributed by atoms with Crippen molar-refractivity contribution >= 4 is 0 Å². The van der Waals surface area contributed by atoms with Gasteiger partial charge in [-0.25, -0.2) is 4.98 Å². The van der Waals surface area contributed by atoms with E-state index in [0.29, 0.717) is 13.1 Å². The molecular weight excluding hydrogens is 218 g/mol. The average molecular weight is 235 g/mol. The molecule has 2 aliphatic heterocycles. The summed E-state index contributed by atoms with van der Waals surface area (Å²) in [6.45, 7) is 3.02. The van der Waals surface area contributed by atoms with Crippen LogP contribution in [0, 0.1) is 0 Å². The number of fused-ring (bicyclic) bond motifs is 1. The van der Waals surface area contributed by atoms with E-state index < -0.39 is 0 Å². The molecule has 1 fully saturated rings. The lowest BCUT2D eigenvalue weighted by atomic mass is 10.1. The predicted octanol–water partition coefficient (Wildman–Crippen LogP) is 0.0680. The van der Waals surface area contributed by atoms with Gasteiger partial charge in [0.15, 0.2) is 0 Å². The summed E-state index contributed by atoms with van der Waals surface area (Å²) in [5.74, 6) is 0. The van der Waals surface area contributed by atoms with Gasteiger partial charge in [0.25, 0.3) is 5.56 Å². The van der Waals surface area contributed by atoms with Gasteiger partial charge in [-0.05, 0) is 12.8 Å². The summed E-state index contributed by atoms with van der Waals surface area (Å²) in [4.78, 5) is 16.6. The predicted molar refractivity (Wildman–Crippen MR) is 62.9 cm³/mol. The molecule has 1 aromatic heterocycles. The topological polar surface area (TPSA) is 56.2 Å². The van der Waals surface area contributed by atoms with Crippen molar-refractivity contribution in [3.8, 4) is 0 Å². The van der Waals surface area contributed by atoms with E-state index in [9.17, 15) is 4.79 Å². The molecule has 0 unspecified atom stereocenters. The Morgan fingerprint density at radius 1 is 1.59 bits per heavy atom. The van der Waals surface area contributed by atoms with Crippen LogP contribution in [0.3, 0.4) is 0 Å². The lowest BCUT2D eigenvalue weighted by Crippen LogP contribution is -2.36. The molecule has 2 aliphatic rings. The molecule has 0 amide bonds. The molecule has 1 atom stereocenters. The second kappa shape index (κ2) is 4.58. The maximum atomic E-state index is 12.2. The van der Waals surface area contributed by atoms with E-state index in [1.807, 2.05) is 0 Å². The van der Waals surface area contributed by atoms with Crippen molar-refractivity contribution in [3.05, 3.63) is 27.9 Å². The molecule has 5 nitrogen and oxygen atoms in total. The van der Waals surface area contributed by atoms with Crippen LogP contribution < -0.4 is 10.9 Å². The van der Waals surface area contributed by atoms with Crippen molar-refractivity contribution in [1.29, 1.82) is 0 Å². The Hall–Kier alpha value is -1.20. The zero-order valence-corrected chi connectivity index (χ0v) is 9.82. The summed E-state index contributed by atoms with van der Waals surface area (Å²) >= 11 is 0. The Morgan fingerprint density at radius 2 is 2.53 bits per heavy atom. The Morgan fingerprint density at radius 3 is 3.35 bits per heavy atom. The number of ether oxygens (including phenoxy) is 1. The minimum Gasteiger partial charge on any atom is -0.376 e. The van der Waals surface area contributed by atoms with Gasteiger partial charge >= 0.3 is 0 Å². The van der Waals surface area contributed by atoms with Crippen LogP contribution in [0.25, 0.3) is 0 Å². The van der Waals surface area contributed by atoms with E-state index in [1.54, 1.807) is 10.9 Å². The van der Waals surface area contributed by atoms with Crippen LogP contribution in [0.4, 0.5) is 0 Å². The van der Waals surface area contributed by atoms with E-state index in [4.69, 9.17) is 4.74 Å². The lowest BCUT2D eigenvalue weighted by Gasteiger charge is -2.18. The first-order valence-electron chi connectivity index (χ1n) is 6.24. The summed E-state index contributed by atoms with van der Waals surface area (Å²) < 4.78 is 7.25. The number of hydrogen-bond acceptors (Lipinski definition) is 4. The Balaban J connectivity index is 1.87. The van der Waals surface area contributed by atoms with Crippen LogP contribution in [-0.4, -0.2) is 28.8 Å². The van der Waals surface area contributed by atoms with Gasteiger partial charge in [-0.2, -0.15) is 0 Å². The third kappa shape index (κ3) is 2.12. The fraction of sp³-hybridized carbons (Fsp3) is 0.667. The fourth-order valence-corrected chi connectivity index (χ4v) is 2.52.